The van der Waals surface area contributed by atoms with Crippen LogP contribution in [0, 0.1) is 11.8 Å². The number of aromatic carboxylic acids is 1. The molecule has 0 aliphatic heterocycles. The first-order chi connectivity index (χ1) is 8.00. The molecule has 0 atom stereocenters. The molecule has 0 saturated heterocycles. The summed E-state index contributed by atoms with van der Waals surface area (Å²) in [7, 11) is 0. The van der Waals surface area contributed by atoms with Crippen LogP contribution >= 0.6 is 23.4 Å². The normalized spacial score (nSPS) is 9.29. The lowest BCUT2D eigenvalue weighted by Crippen LogP contribution is -1.96. The highest BCUT2D eigenvalue weighted by molar-refractivity contribution is 8.13. The molecule has 0 saturated carbocycles. The molecule has 0 aromatic heterocycles. The predicted octanol–water partition coefficient (Wildman–Crippen LogP) is 2.67. The Balaban J connectivity index is 2.86. The van der Waals surface area contributed by atoms with Gasteiger partial charge in [-0.05, 0) is 18.2 Å². The van der Waals surface area contributed by atoms with E-state index in [4.69, 9.17) is 16.7 Å². The van der Waals surface area contributed by atoms with Crippen molar-refractivity contribution in [3.05, 3.63) is 34.3 Å². The number of carboxylic acids is 1. The fraction of sp³-hybridized carbons (Fsp3) is 0.167. The van der Waals surface area contributed by atoms with Crippen LogP contribution in [0.5, 0.6) is 0 Å². The summed E-state index contributed by atoms with van der Waals surface area (Å²) in [5.41, 5.74) is 0.591. The Kier molecular flexibility index (Phi) is 5.08. The van der Waals surface area contributed by atoms with Gasteiger partial charge in [0.05, 0.1) is 16.3 Å². The summed E-state index contributed by atoms with van der Waals surface area (Å²) in [5, 5.41) is 9.19. The van der Waals surface area contributed by atoms with Crippen molar-refractivity contribution in [2.24, 2.45) is 0 Å². The van der Waals surface area contributed by atoms with Crippen LogP contribution in [0.4, 0.5) is 0 Å². The van der Waals surface area contributed by atoms with Crippen molar-refractivity contribution >= 4 is 34.4 Å². The first-order valence-corrected chi connectivity index (χ1v) is 6.02. The second-order valence-corrected chi connectivity index (χ2v) is 4.64. The Bertz CT molecular complexity index is 514. The Labute approximate surface area is 108 Å². The minimum atomic E-state index is -1.03. The molecule has 0 heterocycles. The smallest absolute Gasteiger partial charge is 0.335 e. The fourth-order valence-corrected chi connectivity index (χ4v) is 1.54. The minimum absolute atomic E-state index is 0.00955. The number of carboxylic acid groups (broad SMARTS) is 1. The standard InChI is InChI=1S/C12H9ClO3S/c1-8(14)17-6-2-3-9-7-10(12(15)16)4-5-11(9)13/h4-5,7H,6H2,1H3,(H,15,16). The summed E-state index contributed by atoms with van der Waals surface area (Å²) in [5.74, 6) is 4.84. The molecule has 5 heteroatoms. The number of thioether (sulfide) groups is 1. The van der Waals surface area contributed by atoms with E-state index in [9.17, 15) is 9.59 Å². The second kappa shape index (κ2) is 6.33. The molecule has 1 N–H and O–H groups in total. The molecular formula is C12H9ClO3S. The van der Waals surface area contributed by atoms with Crippen molar-refractivity contribution in [2.75, 3.05) is 5.75 Å². The molecule has 0 amide bonds. The molecular weight excluding hydrogens is 260 g/mol. The lowest BCUT2D eigenvalue weighted by Gasteiger charge is -1.98. The monoisotopic (exact) mass is 268 g/mol. The zero-order chi connectivity index (χ0) is 12.8. The van der Waals surface area contributed by atoms with Gasteiger partial charge in [0.2, 0.25) is 0 Å². The van der Waals surface area contributed by atoms with E-state index in [1.165, 1.54) is 25.1 Å². The van der Waals surface area contributed by atoms with Crippen molar-refractivity contribution in [2.45, 2.75) is 6.92 Å². The average Bonchev–Trinajstić information content (AvgIpc) is 2.25. The minimum Gasteiger partial charge on any atom is -0.478 e. The third-order valence-corrected chi connectivity index (χ3v) is 2.81. The molecule has 3 nitrogen and oxygen atoms in total. The van der Waals surface area contributed by atoms with Gasteiger partial charge >= 0.3 is 5.97 Å². The number of hydrogen-bond acceptors (Lipinski definition) is 3. The Morgan fingerprint density at radius 2 is 2.18 bits per heavy atom. The quantitative estimate of drug-likeness (QED) is 0.838. The zero-order valence-corrected chi connectivity index (χ0v) is 10.6. The van der Waals surface area contributed by atoms with Gasteiger partial charge in [-0.1, -0.05) is 35.2 Å². The number of hydrogen-bond donors (Lipinski definition) is 1. The summed E-state index contributed by atoms with van der Waals surface area (Å²) in [6.07, 6.45) is 0. The largest absolute Gasteiger partial charge is 0.478 e. The lowest BCUT2D eigenvalue weighted by atomic mass is 10.1. The topological polar surface area (TPSA) is 54.4 Å². The molecule has 0 aliphatic rings. The van der Waals surface area contributed by atoms with E-state index >= 15 is 0 Å². The van der Waals surface area contributed by atoms with Gasteiger partial charge in [-0.25, -0.2) is 4.79 Å². The average molecular weight is 269 g/mol. The maximum absolute atomic E-state index is 10.7. The van der Waals surface area contributed by atoms with Crippen LogP contribution in [0.1, 0.15) is 22.8 Å². The molecule has 0 aliphatic carbocycles. The number of carbonyl (C=O) groups is 2. The van der Waals surface area contributed by atoms with Crippen LogP contribution in [0.3, 0.4) is 0 Å². The van der Waals surface area contributed by atoms with E-state index in [-0.39, 0.29) is 10.7 Å². The van der Waals surface area contributed by atoms with E-state index in [0.717, 1.165) is 11.8 Å². The molecule has 1 aromatic carbocycles. The number of rotatable bonds is 2. The van der Waals surface area contributed by atoms with Gasteiger partial charge < -0.3 is 5.11 Å². The molecule has 0 fully saturated rings. The first kappa shape index (κ1) is 13.6. The predicted molar refractivity (Wildman–Crippen MR) is 68.4 cm³/mol. The summed E-state index contributed by atoms with van der Waals surface area (Å²) >= 11 is 6.97. The number of benzene rings is 1. The second-order valence-electron chi connectivity index (χ2n) is 3.08. The summed E-state index contributed by atoms with van der Waals surface area (Å²) in [6.45, 7) is 1.46. The van der Waals surface area contributed by atoms with Crippen molar-refractivity contribution in [3.8, 4) is 11.8 Å². The van der Waals surface area contributed by atoms with Crippen molar-refractivity contribution in [1.82, 2.24) is 0 Å². The fourth-order valence-electron chi connectivity index (χ4n) is 1.02. The van der Waals surface area contributed by atoms with Crippen LogP contribution in [0.2, 0.25) is 5.02 Å². The van der Waals surface area contributed by atoms with Crippen LogP contribution in [0.25, 0.3) is 0 Å². The molecule has 0 unspecified atom stereocenters. The van der Waals surface area contributed by atoms with Crippen molar-refractivity contribution < 1.29 is 14.7 Å². The highest BCUT2D eigenvalue weighted by atomic mass is 35.5. The van der Waals surface area contributed by atoms with E-state index in [0.29, 0.717) is 16.3 Å². The van der Waals surface area contributed by atoms with Crippen molar-refractivity contribution in [3.63, 3.8) is 0 Å². The summed E-state index contributed by atoms with van der Waals surface area (Å²) in [6, 6.07) is 4.32. The maximum atomic E-state index is 10.7. The molecule has 0 spiro atoms. The van der Waals surface area contributed by atoms with Crippen LogP contribution < -0.4 is 0 Å². The van der Waals surface area contributed by atoms with Gasteiger partial charge in [0.1, 0.15) is 0 Å². The molecule has 88 valence electrons. The molecule has 17 heavy (non-hydrogen) atoms. The van der Waals surface area contributed by atoms with Gasteiger partial charge in [-0.15, -0.1) is 0 Å². The Hall–Kier alpha value is -1.44. The van der Waals surface area contributed by atoms with Crippen molar-refractivity contribution in [1.29, 1.82) is 0 Å². The molecule has 0 radical (unpaired) electrons. The van der Waals surface area contributed by atoms with Gasteiger partial charge in [-0.2, -0.15) is 0 Å². The Morgan fingerprint density at radius 3 is 2.76 bits per heavy atom. The maximum Gasteiger partial charge on any atom is 0.335 e. The molecule has 1 rings (SSSR count). The SMILES string of the molecule is CC(=O)SCC#Cc1cc(C(=O)O)ccc1Cl. The van der Waals surface area contributed by atoms with Crippen LogP contribution in [0.15, 0.2) is 18.2 Å². The molecule has 0 bridgehead atoms. The summed E-state index contributed by atoms with van der Waals surface area (Å²) < 4.78 is 0. The van der Waals surface area contributed by atoms with Gasteiger partial charge in [-0.3, -0.25) is 4.79 Å². The van der Waals surface area contributed by atoms with Crippen LogP contribution in [-0.2, 0) is 4.79 Å². The van der Waals surface area contributed by atoms with E-state index in [1.54, 1.807) is 0 Å². The van der Waals surface area contributed by atoms with Crippen LogP contribution in [-0.4, -0.2) is 21.9 Å². The van der Waals surface area contributed by atoms with E-state index in [1.807, 2.05) is 0 Å². The third-order valence-electron chi connectivity index (χ3n) is 1.78. The third kappa shape index (κ3) is 4.51. The van der Waals surface area contributed by atoms with E-state index < -0.39 is 5.97 Å². The number of carbonyl (C=O) groups excluding carboxylic acids is 1. The zero-order valence-electron chi connectivity index (χ0n) is 8.99. The first-order valence-electron chi connectivity index (χ1n) is 4.66. The van der Waals surface area contributed by atoms with Gasteiger partial charge in [0, 0.05) is 12.5 Å². The molecule has 1 aromatic rings. The highest BCUT2D eigenvalue weighted by Crippen LogP contribution is 2.16. The summed E-state index contributed by atoms with van der Waals surface area (Å²) in [4.78, 5) is 21.4. The lowest BCUT2D eigenvalue weighted by molar-refractivity contribution is -0.109. The van der Waals surface area contributed by atoms with E-state index in [2.05, 4.69) is 11.8 Å². The van der Waals surface area contributed by atoms with Gasteiger partial charge in [0.25, 0.3) is 0 Å². The van der Waals surface area contributed by atoms with Gasteiger partial charge in [0.15, 0.2) is 5.12 Å². The number of halogens is 1. The Morgan fingerprint density at radius 1 is 1.47 bits per heavy atom. The highest BCUT2D eigenvalue weighted by Gasteiger charge is 2.05.